The Balaban J connectivity index is 2.22. The lowest BCUT2D eigenvalue weighted by molar-refractivity contribution is -0.141. The number of carboxylic acids is 1. The molecule has 7 heteroatoms. The fraction of sp³-hybridized carbons (Fsp3) is 0.615. The van der Waals surface area contributed by atoms with Gasteiger partial charge in [-0.3, -0.25) is 4.79 Å². The molecule has 2 nitrogen and oxygen atoms in total. The molecule has 1 saturated carbocycles. The second kappa shape index (κ2) is 5.89. The van der Waals surface area contributed by atoms with Gasteiger partial charge < -0.3 is 5.11 Å². The maximum atomic E-state index is 14.4. The quantitative estimate of drug-likeness (QED) is 0.705. The Bertz CT molecular complexity index is 493. The molecule has 1 N–H and O–H groups in total. The lowest BCUT2D eigenvalue weighted by Gasteiger charge is -2.31. The number of carbonyl (C=O) groups is 1. The number of carboxylic acid groups (broad SMARTS) is 1. The van der Waals surface area contributed by atoms with E-state index in [1.54, 1.807) is 0 Å². The van der Waals surface area contributed by atoms with Crippen molar-refractivity contribution < 1.29 is 18.7 Å². The molecule has 0 aromatic carbocycles. The summed E-state index contributed by atoms with van der Waals surface area (Å²) in [5.41, 5.74) is -0.793. The first-order valence-corrected chi connectivity index (χ1v) is 8.28. The topological polar surface area (TPSA) is 37.3 Å². The first-order valence-electron chi connectivity index (χ1n) is 6.29. The predicted octanol–water partition coefficient (Wildman–Crippen LogP) is 5.68. The number of hydrogen-bond donors (Lipinski definition) is 1. The van der Waals surface area contributed by atoms with E-state index in [0.717, 1.165) is 24.2 Å². The van der Waals surface area contributed by atoms with Crippen LogP contribution in [0.5, 0.6) is 0 Å². The van der Waals surface area contributed by atoms with Gasteiger partial charge in [0.15, 0.2) is 0 Å². The van der Waals surface area contributed by atoms with Gasteiger partial charge in [0, 0.05) is 10.9 Å². The molecule has 1 aliphatic carbocycles. The van der Waals surface area contributed by atoms with Gasteiger partial charge in [-0.1, -0.05) is 24.4 Å². The summed E-state index contributed by atoms with van der Waals surface area (Å²) in [5.74, 6) is -4.05. The largest absolute Gasteiger partial charge is 0.481 e. The fourth-order valence-corrected chi connectivity index (χ4v) is 4.62. The molecule has 1 fully saturated rings. The van der Waals surface area contributed by atoms with E-state index < -0.39 is 23.7 Å². The van der Waals surface area contributed by atoms with Crippen LogP contribution in [-0.4, -0.2) is 11.1 Å². The number of alkyl halides is 2. The molecule has 0 radical (unpaired) electrons. The minimum Gasteiger partial charge on any atom is -0.481 e. The predicted molar refractivity (Wildman–Crippen MR) is 78.7 cm³/mol. The van der Waals surface area contributed by atoms with Crippen LogP contribution in [0.25, 0.3) is 0 Å². The normalized spacial score (nSPS) is 18.4. The van der Waals surface area contributed by atoms with Crippen LogP contribution in [0, 0.1) is 5.41 Å². The van der Waals surface area contributed by atoms with Crippen LogP contribution >= 0.6 is 38.9 Å². The van der Waals surface area contributed by atoms with E-state index in [-0.39, 0.29) is 11.3 Å². The highest BCUT2D eigenvalue weighted by molar-refractivity contribution is 9.10. The number of hydrogen-bond acceptors (Lipinski definition) is 2. The molecule has 112 valence electrons. The first-order chi connectivity index (χ1) is 9.24. The summed E-state index contributed by atoms with van der Waals surface area (Å²) in [6, 6.07) is 1.33. The molecule has 1 heterocycles. The maximum Gasteiger partial charge on any atom is 0.303 e. The molecule has 0 bridgehead atoms. The van der Waals surface area contributed by atoms with Crippen molar-refractivity contribution in [1.29, 1.82) is 0 Å². The van der Waals surface area contributed by atoms with Crippen molar-refractivity contribution in [3.05, 3.63) is 19.8 Å². The minimum absolute atomic E-state index is 0.106. The summed E-state index contributed by atoms with van der Waals surface area (Å²) < 4.78 is 29.6. The van der Waals surface area contributed by atoms with Crippen LogP contribution in [0.2, 0.25) is 4.34 Å². The summed E-state index contributed by atoms with van der Waals surface area (Å²) >= 11 is 9.78. The highest BCUT2D eigenvalue weighted by Gasteiger charge is 2.46. The Hall–Kier alpha value is -0.200. The van der Waals surface area contributed by atoms with E-state index in [2.05, 4.69) is 15.9 Å². The molecule has 1 aromatic heterocycles. The van der Waals surface area contributed by atoms with Crippen molar-refractivity contribution >= 4 is 44.8 Å². The highest BCUT2D eigenvalue weighted by atomic mass is 79.9. The number of aliphatic carboxylic acids is 1. The molecule has 1 aromatic rings. The second-order valence-corrected chi connectivity index (χ2v) is 7.90. The Morgan fingerprint density at radius 1 is 1.50 bits per heavy atom. The van der Waals surface area contributed by atoms with Crippen LogP contribution < -0.4 is 0 Å². The van der Waals surface area contributed by atoms with Gasteiger partial charge in [-0.25, -0.2) is 8.78 Å². The van der Waals surface area contributed by atoms with E-state index in [1.165, 1.54) is 6.07 Å². The van der Waals surface area contributed by atoms with E-state index >= 15 is 0 Å². The Labute approximate surface area is 133 Å². The fourth-order valence-electron chi connectivity index (χ4n) is 2.95. The van der Waals surface area contributed by atoms with Crippen LogP contribution in [0.3, 0.4) is 0 Å². The third-order valence-corrected chi connectivity index (χ3v) is 6.38. The number of rotatable bonds is 5. The monoisotopic (exact) mass is 386 g/mol. The van der Waals surface area contributed by atoms with Crippen molar-refractivity contribution in [2.24, 2.45) is 5.41 Å². The molecule has 0 spiro atoms. The highest BCUT2D eigenvalue weighted by Crippen LogP contribution is 2.52. The lowest BCUT2D eigenvalue weighted by atomic mass is 9.77. The van der Waals surface area contributed by atoms with Gasteiger partial charge in [0.05, 0.1) is 11.3 Å². The van der Waals surface area contributed by atoms with Crippen molar-refractivity contribution in [3.63, 3.8) is 0 Å². The summed E-state index contributed by atoms with van der Waals surface area (Å²) in [4.78, 5) is 10.9. The molecular weight excluding hydrogens is 374 g/mol. The third kappa shape index (κ3) is 3.52. The SMILES string of the molecule is O=C(O)CC1(CC(F)(F)c2cc(Br)c(Cl)s2)CCCC1. The smallest absolute Gasteiger partial charge is 0.303 e. The molecule has 20 heavy (non-hydrogen) atoms. The van der Waals surface area contributed by atoms with Gasteiger partial charge in [0.2, 0.25) is 0 Å². The van der Waals surface area contributed by atoms with Crippen molar-refractivity contribution in [2.75, 3.05) is 0 Å². The zero-order valence-electron chi connectivity index (χ0n) is 10.6. The summed E-state index contributed by atoms with van der Waals surface area (Å²) in [5, 5.41) is 8.98. The zero-order chi connectivity index (χ0) is 15.0. The van der Waals surface area contributed by atoms with Crippen LogP contribution in [0.1, 0.15) is 43.4 Å². The van der Waals surface area contributed by atoms with Gasteiger partial charge in [-0.05, 0) is 40.3 Å². The lowest BCUT2D eigenvalue weighted by Crippen LogP contribution is -2.29. The summed E-state index contributed by atoms with van der Waals surface area (Å²) in [6.07, 6.45) is 2.12. The third-order valence-electron chi connectivity index (χ3n) is 3.79. The Morgan fingerprint density at radius 2 is 2.10 bits per heavy atom. The average molecular weight is 388 g/mol. The summed E-state index contributed by atoms with van der Waals surface area (Å²) in [7, 11) is 0. The first kappa shape index (κ1) is 16.2. The second-order valence-electron chi connectivity index (χ2n) is 5.39. The van der Waals surface area contributed by atoms with E-state index in [9.17, 15) is 13.6 Å². The van der Waals surface area contributed by atoms with Crippen LogP contribution in [0.15, 0.2) is 10.5 Å². The molecule has 1 aliphatic rings. The zero-order valence-corrected chi connectivity index (χ0v) is 13.8. The molecule has 2 rings (SSSR count). The standard InChI is InChI=1S/C13H14BrClF2O2S/c14-8-5-9(20-11(8)15)13(16,17)7-12(6-10(18)19)3-1-2-4-12/h5H,1-4,6-7H2,(H,18,19). The minimum atomic E-state index is -3.04. The Morgan fingerprint density at radius 3 is 2.55 bits per heavy atom. The molecular formula is C13H14BrClF2O2S. The molecule has 0 amide bonds. The van der Waals surface area contributed by atoms with Crippen LogP contribution in [0.4, 0.5) is 8.78 Å². The van der Waals surface area contributed by atoms with Crippen LogP contribution in [-0.2, 0) is 10.7 Å². The number of thiophene rings is 1. The Kier molecular flexibility index (Phi) is 4.76. The average Bonchev–Trinajstić information content (AvgIpc) is 2.86. The maximum absolute atomic E-state index is 14.4. The molecule has 0 atom stereocenters. The van der Waals surface area contributed by atoms with Gasteiger partial charge in [-0.15, -0.1) is 11.3 Å². The van der Waals surface area contributed by atoms with Crippen molar-refractivity contribution in [1.82, 2.24) is 0 Å². The molecule has 0 unspecified atom stereocenters. The summed E-state index contributed by atoms with van der Waals surface area (Å²) in [6.45, 7) is 0. The van der Waals surface area contributed by atoms with E-state index in [4.69, 9.17) is 16.7 Å². The molecule has 0 saturated heterocycles. The van der Waals surface area contributed by atoms with Crippen molar-refractivity contribution in [2.45, 2.75) is 44.4 Å². The van der Waals surface area contributed by atoms with E-state index in [1.807, 2.05) is 0 Å². The van der Waals surface area contributed by atoms with Gasteiger partial charge in [0.25, 0.3) is 5.92 Å². The van der Waals surface area contributed by atoms with Gasteiger partial charge in [0.1, 0.15) is 4.34 Å². The van der Waals surface area contributed by atoms with Crippen molar-refractivity contribution in [3.8, 4) is 0 Å². The van der Waals surface area contributed by atoms with Gasteiger partial charge >= 0.3 is 5.97 Å². The van der Waals surface area contributed by atoms with Gasteiger partial charge in [-0.2, -0.15) is 0 Å². The molecule has 0 aliphatic heterocycles. The number of halogens is 4. The van der Waals surface area contributed by atoms with E-state index in [0.29, 0.717) is 21.7 Å².